The van der Waals surface area contributed by atoms with Gasteiger partial charge in [0.1, 0.15) is 5.75 Å². The van der Waals surface area contributed by atoms with Crippen LogP contribution >= 0.6 is 0 Å². The first-order valence-electron chi connectivity index (χ1n) is 8.21. The molecule has 9 heteroatoms. The minimum absolute atomic E-state index is 0.00152. The molecule has 0 saturated heterocycles. The number of alkyl halides is 3. The number of methoxy groups -OCH3 is 1. The molecular weight excluding hydrogens is 377 g/mol. The fourth-order valence-corrected chi connectivity index (χ4v) is 2.37. The van der Waals surface area contributed by atoms with Gasteiger partial charge in [0, 0.05) is 6.54 Å². The molecule has 0 bridgehead atoms. The standard InChI is InChI=1S/C19H19F3N2O4/c1-28-15-9-7-13(8-10-15)11-23-16(25)17(26)24-12-18(27,19(20,21)22)14-5-3-2-4-6-14/h2-10,27H,11-12H2,1H3,(H,23,25)(H,24,26). The van der Waals surface area contributed by atoms with E-state index in [9.17, 15) is 27.9 Å². The number of rotatable bonds is 6. The van der Waals surface area contributed by atoms with Crippen LogP contribution in [0.15, 0.2) is 54.6 Å². The Morgan fingerprint density at radius 2 is 1.54 bits per heavy atom. The number of aliphatic hydroxyl groups is 1. The second-order valence-electron chi connectivity index (χ2n) is 5.94. The van der Waals surface area contributed by atoms with E-state index in [1.54, 1.807) is 24.3 Å². The lowest BCUT2D eigenvalue weighted by atomic mass is 9.93. The number of carbonyl (C=O) groups is 2. The van der Waals surface area contributed by atoms with Crippen LogP contribution in [-0.4, -0.2) is 36.8 Å². The van der Waals surface area contributed by atoms with E-state index in [2.05, 4.69) is 5.32 Å². The SMILES string of the molecule is COc1ccc(CNC(=O)C(=O)NCC(O)(c2ccccc2)C(F)(F)F)cc1. The van der Waals surface area contributed by atoms with Crippen molar-refractivity contribution < 1.29 is 32.6 Å². The van der Waals surface area contributed by atoms with Gasteiger partial charge in [-0.25, -0.2) is 0 Å². The summed E-state index contributed by atoms with van der Waals surface area (Å²) in [6.07, 6.45) is -5.05. The molecular formula is C19H19F3N2O4. The third-order valence-electron chi connectivity index (χ3n) is 4.04. The average Bonchev–Trinajstić information content (AvgIpc) is 2.70. The maximum Gasteiger partial charge on any atom is 0.423 e. The summed E-state index contributed by atoms with van der Waals surface area (Å²) in [5.74, 6) is -1.79. The van der Waals surface area contributed by atoms with Crippen molar-refractivity contribution in [3.05, 3.63) is 65.7 Å². The normalized spacial score (nSPS) is 13.3. The van der Waals surface area contributed by atoms with Gasteiger partial charge < -0.3 is 20.5 Å². The Kier molecular flexibility index (Phi) is 6.63. The number of hydrogen-bond acceptors (Lipinski definition) is 4. The number of carbonyl (C=O) groups excluding carboxylic acids is 2. The van der Waals surface area contributed by atoms with Crippen LogP contribution in [0.5, 0.6) is 5.75 Å². The molecule has 28 heavy (non-hydrogen) atoms. The van der Waals surface area contributed by atoms with Gasteiger partial charge in [0.05, 0.1) is 13.7 Å². The predicted molar refractivity (Wildman–Crippen MR) is 94.2 cm³/mol. The van der Waals surface area contributed by atoms with Crippen LogP contribution in [0.3, 0.4) is 0 Å². The van der Waals surface area contributed by atoms with Crippen molar-refractivity contribution in [2.45, 2.75) is 18.3 Å². The van der Waals surface area contributed by atoms with E-state index in [-0.39, 0.29) is 6.54 Å². The smallest absolute Gasteiger partial charge is 0.423 e. The van der Waals surface area contributed by atoms with E-state index in [1.807, 2.05) is 5.32 Å². The maximum atomic E-state index is 13.4. The topological polar surface area (TPSA) is 87.7 Å². The molecule has 0 spiro atoms. The summed E-state index contributed by atoms with van der Waals surface area (Å²) >= 11 is 0. The number of halogens is 3. The first kappa shape index (κ1) is 21.2. The molecule has 2 rings (SSSR count). The zero-order valence-corrected chi connectivity index (χ0v) is 14.9. The molecule has 0 fully saturated rings. The number of ether oxygens (including phenoxy) is 1. The fraction of sp³-hybridized carbons (Fsp3) is 0.263. The number of nitrogens with one attached hydrogen (secondary N) is 2. The zero-order chi connectivity index (χ0) is 20.8. The molecule has 1 unspecified atom stereocenters. The van der Waals surface area contributed by atoms with Gasteiger partial charge >= 0.3 is 18.0 Å². The molecule has 2 amide bonds. The quantitative estimate of drug-likeness (QED) is 0.651. The van der Waals surface area contributed by atoms with E-state index in [0.717, 1.165) is 12.1 Å². The van der Waals surface area contributed by atoms with Gasteiger partial charge in [-0.05, 0) is 23.3 Å². The first-order valence-corrected chi connectivity index (χ1v) is 8.21. The van der Waals surface area contributed by atoms with E-state index >= 15 is 0 Å². The van der Waals surface area contributed by atoms with Crippen molar-refractivity contribution in [1.29, 1.82) is 0 Å². The molecule has 3 N–H and O–H groups in total. The van der Waals surface area contributed by atoms with Gasteiger partial charge in [-0.3, -0.25) is 9.59 Å². The largest absolute Gasteiger partial charge is 0.497 e. The minimum Gasteiger partial charge on any atom is -0.497 e. The number of amides is 2. The van der Waals surface area contributed by atoms with Crippen molar-refractivity contribution in [3.63, 3.8) is 0 Å². The lowest BCUT2D eigenvalue weighted by Crippen LogP contribution is -2.53. The van der Waals surface area contributed by atoms with Crippen molar-refractivity contribution in [2.75, 3.05) is 13.7 Å². The van der Waals surface area contributed by atoms with Gasteiger partial charge in [-0.2, -0.15) is 13.2 Å². The van der Waals surface area contributed by atoms with Crippen molar-refractivity contribution in [3.8, 4) is 5.75 Å². The highest BCUT2D eigenvalue weighted by molar-refractivity contribution is 6.35. The molecule has 0 aliphatic heterocycles. The first-order chi connectivity index (χ1) is 13.2. The Hall–Kier alpha value is -3.07. The third kappa shape index (κ3) is 5.01. The van der Waals surface area contributed by atoms with Crippen LogP contribution in [0.1, 0.15) is 11.1 Å². The molecule has 0 aliphatic carbocycles. The Bertz CT molecular complexity index is 810. The van der Waals surface area contributed by atoms with Gasteiger partial charge in [0.2, 0.25) is 5.60 Å². The van der Waals surface area contributed by atoms with Gasteiger partial charge in [-0.1, -0.05) is 42.5 Å². The Morgan fingerprint density at radius 3 is 2.07 bits per heavy atom. The van der Waals surface area contributed by atoms with E-state index < -0.39 is 35.7 Å². The van der Waals surface area contributed by atoms with Gasteiger partial charge in [0.15, 0.2) is 0 Å². The summed E-state index contributed by atoms with van der Waals surface area (Å²) in [5, 5.41) is 14.3. The highest BCUT2D eigenvalue weighted by Crippen LogP contribution is 2.38. The summed E-state index contributed by atoms with van der Waals surface area (Å²) in [6.45, 7) is -1.20. The van der Waals surface area contributed by atoms with Crippen LogP contribution in [0.25, 0.3) is 0 Å². The van der Waals surface area contributed by atoms with E-state index in [1.165, 1.54) is 25.3 Å². The third-order valence-corrected chi connectivity index (χ3v) is 4.04. The predicted octanol–water partition coefficient (Wildman–Crippen LogP) is 1.88. The van der Waals surface area contributed by atoms with Crippen LogP contribution < -0.4 is 15.4 Å². The molecule has 0 aromatic heterocycles. The van der Waals surface area contributed by atoms with Crippen molar-refractivity contribution in [1.82, 2.24) is 10.6 Å². The minimum atomic E-state index is -5.05. The lowest BCUT2D eigenvalue weighted by Gasteiger charge is -2.31. The summed E-state index contributed by atoms with van der Waals surface area (Å²) in [6, 6.07) is 13.0. The molecule has 0 aliphatic rings. The molecule has 1 atom stereocenters. The fourth-order valence-electron chi connectivity index (χ4n) is 2.37. The van der Waals surface area contributed by atoms with Crippen LogP contribution in [0, 0.1) is 0 Å². The number of benzene rings is 2. The number of hydrogen-bond donors (Lipinski definition) is 3. The summed E-state index contributed by atoms with van der Waals surface area (Å²) in [4.78, 5) is 23.7. The summed E-state index contributed by atoms with van der Waals surface area (Å²) in [7, 11) is 1.50. The Morgan fingerprint density at radius 1 is 0.964 bits per heavy atom. The van der Waals surface area contributed by atoms with E-state index in [4.69, 9.17) is 4.74 Å². The Balaban J connectivity index is 1.97. The molecule has 0 heterocycles. The Labute approximate surface area is 159 Å². The maximum absolute atomic E-state index is 13.4. The average molecular weight is 396 g/mol. The van der Waals surface area contributed by atoms with Gasteiger partial charge in [-0.15, -0.1) is 0 Å². The van der Waals surface area contributed by atoms with Crippen molar-refractivity contribution in [2.24, 2.45) is 0 Å². The molecule has 2 aromatic rings. The molecule has 0 saturated carbocycles. The van der Waals surface area contributed by atoms with Gasteiger partial charge in [0.25, 0.3) is 0 Å². The molecule has 6 nitrogen and oxygen atoms in total. The second kappa shape index (κ2) is 8.75. The van der Waals surface area contributed by atoms with Crippen LogP contribution in [-0.2, 0) is 21.7 Å². The molecule has 0 radical (unpaired) electrons. The summed E-state index contributed by atoms with van der Waals surface area (Å²) < 4.78 is 45.1. The molecule has 2 aromatic carbocycles. The van der Waals surface area contributed by atoms with Crippen LogP contribution in [0.2, 0.25) is 0 Å². The molecule has 150 valence electrons. The second-order valence-corrected chi connectivity index (χ2v) is 5.94. The van der Waals surface area contributed by atoms with Crippen LogP contribution in [0.4, 0.5) is 13.2 Å². The van der Waals surface area contributed by atoms with Crippen molar-refractivity contribution >= 4 is 11.8 Å². The zero-order valence-electron chi connectivity index (χ0n) is 14.9. The highest BCUT2D eigenvalue weighted by Gasteiger charge is 2.55. The van der Waals surface area contributed by atoms with E-state index in [0.29, 0.717) is 11.3 Å². The lowest BCUT2D eigenvalue weighted by molar-refractivity contribution is -0.264. The summed E-state index contributed by atoms with van der Waals surface area (Å²) in [5.41, 5.74) is -3.10. The monoisotopic (exact) mass is 396 g/mol. The highest BCUT2D eigenvalue weighted by atomic mass is 19.4.